The summed E-state index contributed by atoms with van der Waals surface area (Å²) in [5.74, 6) is 0.412. The van der Waals surface area contributed by atoms with Crippen molar-refractivity contribution in [3.8, 4) is 11.5 Å². The SMILES string of the molecule is COc1cc(NC(=O)Cc2cccc(C)c2)c(C(=O)N(C)C)cc1OC. The van der Waals surface area contributed by atoms with E-state index in [1.165, 1.54) is 19.1 Å². The van der Waals surface area contributed by atoms with Gasteiger partial charge in [-0.2, -0.15) is 0 Å². The van der Waals surface area contributed by atoms with E-state index >= 15 is 0 Å². The number of methoxy groups -OCH3 is 2. The number of ether oxygens (including phenoxy) is 2. The third-order valence-corrected chi connectivity index (χ3v) is 3.88. The van der Waals surface area contributed by atoms with Gasteiger partial charge >= 0.3 is 0 Å². The summed E-state index contributed by atoms with van der Waals surface area (Å²) in [5.41, 5.74) is 2.72. The Bertz CT molecular complexity index is 815. The number of carbonyl (C=O) groups excluding carboxylic acids is 2. The number of carbonyl (C=O) groups is 2. The molecule has 2 aromatic rings. The molecule has 6 heteroatoms. The van der Waals surface area contributed by atoms with E-state index in [9.17, 15) is 9.59 Å². The molecule has 0 fully saturated rings. The Kier molecular flexibility index (Phi) is 6.22. The van der Waals surface area contributed by atoms with Crippen molar-refractivity contribution in [1.29, 1.82) is 0 Å². The van der Waals surface area contributed by atoms with Gasteiger partial charge in [0.25, 0.3) is 5.91 Å². The predicted molar refractivity (Wildman–Crippen MR) is 101 cm³/mol. The summed E-state index contributed by atoms with van der Waals surface area (Å²) in [5, 5.41) is 2.82. The second-order valence-electron chi connectivity index (χ2n) is 6.17. The number of nitrogens with zero attached hydrogens (tertiary/aromatic N) is 1. The third-order valence-electron chi connectivity index (χ3n) is 3.88. The largest absolute Gasteiger partial charge is 0.493 e. The Morgan fingerprint density at radius 3 is 2.27 bits per heavy atom. The van der Waals surface area contributed by atoms with Gasteiger partial charge in [0.05, 0.1) is 31.9 Å². The Labute approximate surface area is 153 Å². The summed E-state index contributed by atoms with van der Waals surface area (Å²) >= 11 is 0. The Balaban J connectivity index is 2.33. The van der Waals surface area contributed by atoms with Gasteiger partial charge in [0.2, 0.25) is 5.91 Å². The number of benzene rings is 2. The second kappa shape index (κ2) is 8.38. The van der Waals surface area contributed by atoms with Crippen molar-refractivity contribution in [2.75, 3.05) is 33.6 Å². The molecule has 138 valence electrons. The number of nitrogens with one attached hydrogen (secondary N) is 1. The summed E-state index contributed by atoms with van der Waals surface area (Å²) in [4.78, 5) is 26.4. The molecular formula is C20H24N2O4. The van der Waals surface area contributed by atoms with Crippen LogP contribution in [-0.4, -0.2) is 45.0 Å². The second-order valence-corrected chi connectivity index (χ2v) is 6.17. The molecule has 0 spiro atoms. The van der Waals surface area contributed by atoms with Crippen LogP contribution in [0.25, 0.3) is 0 Å². The molecule has 26 heavy (non-hydrogen) atoms. The van der Waals surface area contributed by atoms with Gasteiger partial charge in [-0.15, -0.1) is 0 Å². The minimum absolute atomic E-state index is 0.212. The highest BCUT2D eigenvalue weighted by molar-refractivity contribution is 6.04. The molecule has 0 aliphatic carbocycles. The first kappa shape index (κ1) is 19.3. The maximum absolute atomic E-state index is 12.5. The van der Waals surface area contributed by atoms with Crippen molar-refractivity contribution >= 4 is 17.5 Å². The van der Waals surface area contributed by atoms with Crippen LogP contribution in [0.1, 0.15) is 21.5 Å². The van der Waals surface area contributed by atoms with E-state index in [4.69, 9.17) is 9.47 Å². The van der Waals surface area contributed by atoms with Crippen LogP contribution in [-0.2, 0) is 11.2 Å². The first-order chi connectivity index (χ1) is 12.3. The number of anilines is 1. The van der Waals surface area contributed by atoms with Crippen LogP contribution in [0.2, 0.25) is 0 Å². The molecule has 0 heterocycles. The molecule has 0 aliphatic rings. The highest BCUT2D eigenvalue weighted by atomic mass is 16.5. The fourth-order valence-corrected chi connectivity index (χ4v) is 2.60. The summed E-state index contributed by atoms with van der Waals surface area (Å²) in [6, 6.07) is 10.9. The lowest BCUT2D eigenvalue weighted by Gasteiger charge is -2.18. The summed E-state index contributed by atoms with van der Waals surface area (Å²) < 4.78 is 10.6. The summed E-state index contributed by atoms with van der Waals surface area (Å²) in [6.07, 6.45) is 0.214. The number of aryl methyl sites for hydroxylation is 1. The van der Waals surface area contributed by atoms with Gasteiger partial charge in [-0.1, -0.05) is 29.8 Å². The van der Waals surface area contributed by atoms with Gasteiger partial charge in [0, 0.05) is 20.2 Å². The van der Waals surface area contributed by atoms with E-state index in [0.29, 0.717) is 22.7 Å². The average Bonchev–Trinajstić information content (AvgIpc) is 2.60. The van der Waals surface area contributed by atoms with Crippen molar-refractivity contribution < 1.29 is 19.1 Å². The van der Waals surface area contributed by atoms with Crippen LogP contribution >= 0.6 is 0 Å². The first-order valence-corrected chi connectivity index (χ1v) is 8.18. The Hall–Kier alpha value is -3.02. The first-order valence-electron chi connectivity index (χ1n) is 8.18. The zero-order valence-corrected chi connectivity index (χ0v) is 15.8. The smallest absolute Gasteiger partial charge is 0.255 e. The third kappa shape index (κ3) is 4.53. The molecule has 0 atom stereocenters. The highest BCUT2D eigenvalue weighted by Crippen LogP contribution is 2.34. The lowest BCUT2D eigenvalue weighted by molar-refractivity contribution is -0.115. The molecule has 2 amide bonds. The number of amides is 2. The van der Waals surface area contributed by atoms with Gasteiger partial charge in [0.1, 0.15) is 0 Å². The molecule has 0 saturated carbocycles. The zero-order valence-electron chi connectivity index (χ0n) is 15.8. The normalized spacial score (nSPS) is 10.2. The van der Waals surface area contributed by atoms with E-state index in [1.54, 1.807) is 26.2 Å². The fourth-order valence-electron chi connectivity index (χ4n) is 2.60. The lowest BCUT2D eigenvalue weighted by atomic mass is 10.1. The van der Waals surface area contributed by atoms with Crippen LogP contribution in [0, 0.1) is 6.92 Å². The molecule has 2 rings (SSSR count). The van der Waals surface area contributed by atoms with Crippen LogP contribution in [0.15, 0.2) is 36.4 Å². The van der Waals surface area contributed by atoms with Gasteiger partial charge in [-0.05, 0) is 18.6 Å². The van der Waals surface area contributed by atoms with E-state index in [-0.39, 0.29) is 18.2 Å². The molecule has 0 unspecified atom stereocenters. The monoisotopic (exact) mass is 356 g/mol. The summed E-state index contributed by atoms with van der Waals surface area (Å²) in [7, 11) is 6.30. The van der Waals surface area contributed by atoms with Crippen LogP contribution < -0.4 is 14.8 Å². The Morgan fingerprint density at radius 1 is 1.04 bits per heavy atom. The Morgan fingerprint density at radius 2 is 1.69 bits per heavy atom. The molecule has 0 saturated heterocycles. The molecule has 0 aromatic heterocycles. The topological polar surface area (TPSA) is 67.9 Å². The number of hydrogen-bond acceptors (Lipinski definition) is 4. The minimum Gasteiger partial charge on any atom is -0.493 e. The van der Waals surface area contributed by atoms with E-state index < -0.39 is 0 Å². The molecular weight excluding hydrogens is 332 g/mol. The zero-order chi connectivity index (χ0) is 19.3. The van der Waals surface area contributed by atoms with Crippen molar-refractivity contribution in [3.63, 3.8) is 0 Å². The number of rotatable bonds is 6. The predicted octanol–water partition coefficient (Wildman–Crippen LogP) is 2.90. The highest BCUT2D eigenvalue weighted by Gasteiger charge is 2.20. The van der Waals surface area contributed by atoms with E-state index in [1.807, 2.05) is 31.2 Å². The van der Waals surface area contributed by atoms with Crippen molar-refractivity contribution in [2.45, 2.75) is 13.3 Å². The molecule has 6 nitrogen and oxygen atoms in total. The van der Waals surface area contributed by atoms with Crippen LogP contribution in [0.3, 0.4) is 0 Å². The lowest BCUT2D eigenvalue weighted by Crippen LogP contribution is -2.24. The standard InChI is InChI=1S/C20H24N2O4/c1-13-7-6-8-14(9-13)10-19(23)21-16-12-18(26-5)17(25-4)11-15(16)20(24)22(2)3/h6-9,11-12H,10H2,1-5H3,(H,21,23). The van der Waals surface area contributed by atoms with Gasteiger partial charge < -0.3 is 19.7 Å². The fraction of sp³-hybridized carbons (Fsp3) is 0.300. The molecule has 0 aliphatic heterocycles. The van der Waals surface area contributed by atoms with Gasteiger partial charge in [-0.25, -0.2) is 0 Å². The van der Waals surface area contributed by atoms with Crippen LogP contribution in [0.4, 0.5) is 5.69 Å². The van der Waals surface area contributed by atoms with Crippen molar-refractivity contribution in [1.82, 2.24) is 4.90 Å². The molecule has 1 N–H and O–H groups in total. The maximum Gasteiger partial charge on any atom is 0.255 e. The quantitative estimate of drug-likeness (QED) is 0.864. The molecule has 0 radical (unpaired) electrons. The van der Waals surface area contributed by atoms with Crippen molar-refractivity contribution in [3.05, 3.63) is 53.1 Å². The average molecular weight is 356 g/mol. The summed E-state index contributed by atoms with van der Waals surface area (Å²) in [6.45, 7) is 1.98. The van der Waals surface area contributed by atoms with E-state index in [2.05, 4.69) is 5.32 Å². The minimum atomic E-state index is -0.239. The van der Waals surface area contributed by atoms with Crippen molar-refractivity contribution in [2.24, 2.45) is 0 Å². The van der Waals surface area contributed by atoms with E-state index in [0.717, 1.165) is 11.1 Å². The van der Waals surface area contributed by atoms with Crippen LogP contribution in [0.5, 0.6) is 11.5 Å². The molecule has 2 aromatic carbocycles. The number of hydrogen-bond donors (Lipinski definition) is 1. The maximum atomic E-state index is 12.5. The molecule has 0 bridgehead atoms. The van der Waals surface area contributed by atoms with Gasteiger partial charge in [-0.3, -0.25) is 9.59 Å². The van der Waals surface area contributed by atoms with Gasteiger partial charge in [0.15, 0.2) is 11.5 Å².